The summed E-state index contributed by atoms with van der Waals surface area (Å²) in [5, 5.41) is -0.370. The van der Waals surface area contributed by atoms with Crippen molar-refractivity contribution < 1.29 is 13.2 Å². The number of allylic oxidation sites excluding steroid dienone is 1. The van der Waals surface area contributed by atoms with Crippen LogP contribution in [0.4, 0.5) is 0 Å². The van der Waals surface area contributed by atoms with Crippen molar-refractivity contribution in [3.8, 4) is 0 Å². The first-order chi connectivity index (χ1) is 11.0. The molecule has 2 heterocycles. The highest BCUT2D eigenvalue weighted by atomic mass is 32.2. The lowest BCUT2D eigenvalue weighted by Crippen LogP contribution is -2.49. The minimum absolute atomic E-state index is 0.0783. The quantitative estimate of drug-likeness (QED) is 0.779. The normalized spacial score (nSPS) is 27.0. The van der Waals surface area contributed by atoms with Crippen LogP contribution in [0, 0.1) is 0 Å². The highest BCUT2D eigenvalue weighted by molar-refractivity contribution is 7.92. The predicted octanol–water partition coefficient (Wildman–Crippen LogP) is 2.95. The van der Waals surface area contributed by atoms with Gasteiger partial charge in [-0.3, -0.25) is 4.79 Å². The summed E-state index contributed by atoms with van der Waals surface area (Å²) >= 11 is 0. The van der Waals surface area contributed by atoms with E-state index in [0.29, 0.717) is 30.6 Å². The minimum atomic E-state index is -3.31. The summed E-state index contributed by atoms with van der Waals surface area (Å²) in [6.07, 6.45) is 5.89. The molecule has 2 saturated heterocycles. The van der Waals surface area contributed by atoms with Crippen LogP contribution in [0.25, 0.3) is 0 Å². The first-order valence-electron chi connectivity index (χ1n) is 8.25. The number of rotatable bonds is 5. The lowest BCUT2D eigenvalue weighted by molar-refractivity contribution is -0.135. The number of carbonyl (C=O) groups is 1. The van der Waals surface area contributed by atoms with Crippen molar-refractivity contribution in [2.24, 2.45) is 0 Å². The van der Waals surface area contributed by atoms with E-state index in [2.05, 4.69) is 6.58 Å². The summed E-state index contributed by atoms with van der Waals surface area (Å²) < 4.78 is 25.7. The number of carbonyl (C=O) groups excluding carboxylic acids is 1. The fourth-order valence-electron chi connectivity index (χ4n) is 3.94. The Bertz CT molecular complexity index is 669. The minimum Gasteiger partial charge on any atom is -0.337 e. The van der Waals surface area contributed by atoms with Gasteiger partial charge in [-0.05, 0) is 44.2 Å². The summed E-state index contributed by atoms with van der Waals surface area (Å²) in [6.45, 7) is 3.66. The summed E-state index contributed by atoms with van der Waals surface area (Å²) in [4.78, 5) is 14.7. The number of piperidine rings is 1. The molecule has 2 aliphatic heterocycles. The molecule has 0 aromatic heterocycles. The van der Waals surface area contributed by atoms with Crippen LogP contribution in [-0.4, -0.2) is 36.6 Å². The molecule has 3 rings (SSSR count). The molecule has 0 N–H and O–H groups in total. The zero-order chi connectivity index (χ0) is 16.4. The predicted molar refractivity (Wildman–Crippen MR) is 89.7 cm³/mol. The highest BCUT2D eigenvalue weighted by Crippen LogP contribution is 2.40. The number of benzene rings is 1. The molecule has 1 aromatic carbocycles. The molecule has 0 radical (unpaired) electrons. The highest BCUT2D eigenvalue weighted by Gasteiger charge is 2.46. The standard InChI is InChI=1S/C18H23NO3S/c1-2-3-9-18(20)19-14-10-11-15(19)13-17(12-14)23(21,22)16-7-5-4-6-8-16/h2,4-8,14-15,17H,1,3,9-13H2/t14-,15-/m1/s1. The Morgan fingerprint density at radius 3 is 2.35 bits per heavy atom. The fraction of sp³-hybridized carbons (Fsp3) is 0.500. The van der Waals surface area contributed by atoms with Crippen molar-refractivity contribution >= 4 is 15.7 Å². The van der Waals surface area contributed by atoms with E-state index >= 15 is 0 Å². The molecular weight excluding hydrogens is 310 g/mol. The molecule has 2 bridgehead atoms. The summed E-state index contributed by atoms with van der Waals surface area (Å²) in [5.41, 5.74) is 0. The van der Waals surface area contributed by atoms with E-state index in [1.54, 1.807) is 30.3 Å². The summed E-state index contributed by atoms with van der Waals surface area (Å²) in [6, 6.07) is 8.83. The third-order valence-corrected chi connectivity index (χ3v) is 7.24. The second-order valence-electron chi connectivity index (χ2n) is 6.46. The largest absolute Gasteiger partial charge is 0.337 e. The van der Waals surface area contributed by atoms with E-state index in [-0.39, 0.29) is 23.2 Å². The van der Waals surface area contributed by atoms with Gasteiger partial charge in [0.1, 0.15) is 0 Å². The topological polar surface area (TPSA) is 54.5 Å². The first-order valence-corrected chi connectivity index (χ1v) is 9.79. The maximum atomic E-state index is 12.8. The number of amides is 1. The zero-order valence-electron chi connectivity index (χ0n) is 13.2. The Morgan fingerprint density at radius 1 is 1.17 bits per heavy atom. The SMILES string of the molecule is C=CCCC(=O)N1[C@@H]2CC[C@@H]1CC(S(=O)(=O)c1ccccc1)C2. The molecule has 23 heavy (non-hydrogen) atoms. The van der Waals surface area contributed by atoms with Gasteiger partial charge in [-0.2, -0.15) is 0 Å². The van der Waals surface area contributed by atoms with Gasteiger partial charge >= 0.3 is 0 Å². The van der Waals surface area contributed by atoms with Crippen LogP contribution in [0.5, 0.6) is 0 Å². The van der Waals surface area contributed by atoms with Gasteiger partial charge in [0.2, 0.25) is 5.91 Å². The molecule has 2 atom stereocenters. The van der Waals surface area contributed by atoms with Crippen LogP contribution < -0.4 is 0 Å². The van der Waals surface area contributed by atoms with E-state index in [1.165, 1.54) is 0 Å². The van der Waals surface area contributed by atoms with Crippen LogP contribution in [-0.2, 0) is 14.6 Å². The van der Waals surface area contributed by atoms with E-state index in [1.807, 2.05) is 11.0 Å². The van der Waals surface area contributed by atoms with Gasteiger partial charge in [0.05, 0.1) is 10.1 Å². The maximum Gasteiger partial charge on any atom is 0.223 e. The van der Waals surface area contributed by atoms with Crippen molar-refractivity contribution in [1.29, 1.82) is 0 Å². The van der Waals surface area contributed by atoms with Crippen LogP contribution >= 0.6 is 0 Å². The molecule has 4 nitrogen and oxygen atoms in total. The molecule has 1 aromatic rings. The Labute approximate surface area is 138 Å². The lowest BCUT2D eigenvalue weighted by atomic mass is 10.0. The van der Waals surface area contributed by atoms with Gasteiger partial charge in [-0.1, -0.05) is 24.3 Å². The van der Waals surface area contributed by atoms with Crippen LogP contribution in [0.2, 0.25) is 0 Å². The second kappa shape index (κ2) is 6.48. The van der Waals surface area contributed by atoms with Crippen molar-refractivity contribution in [2.45, 2.75) is 60.8 Å². The van der Waals surface area contributed by atoms with Crippen LogP contribution in [0.15, 0.2) is 47.9 Å². The molecule has 5 heteroatoms. The first kappa shape index (κ1) is 16.2. The van der Waals surface area contributed by atoms with Gasteiger partial charge in [0, 0.05) is 18.5 Å². The van der Waals surface area contributed by atoms with Gasteiger partial charge < -0.3 is 4.90 Å². The Kier molecular flexibility index (Phi) is 4.57. The Balaban J connectivity index is 1.76. The Morgan fingerprint density at radius 2 is 1.78 bits per heavy atom. The van der Waals surface area contributed by atoms with Crippen molar-refractivity contribution in [1.82, 2.24) is 4.90 Å². The maximum absolute atomic E-state index is 12.8. The van der Waals surface area contributed by atoms with E-state index in [0.717, 1.165) is 12.8 Å². The van der Waals surface area contributed by atoms with Crippen molar-refractivity contribution in [3.63, 3.8) is 0 Å². The molecular formula is C18H23NO3S. The zero-order valence-corrected chi connectivity index (χ0v) is 14.0. The third kappa shape index (κ3) is 3.07. The number of hydrogen-bond acceptors (Lipinski definition) is 3. The van der Waals surface area contributed by atoms with Crippen molar-refractivity contribution in [3.05, 3.63) is 43.0 Å². The molecule has 2 fully saturated rings. The Hall–Kier alpha value is -1.62. The smallest absolute Gasteiger partial charge is 0.223 e. The molecule has 2 aliphatic rings. The third-order valence-electron chi connectivity index (χ3n) is 5.05. The number of sulfone groups is 1. The number of hydrogen-bond donors (Lipinski definition) is 0. The average molecular weight is 333 g/mol. The fourth-order valence-corrected chi connectivity index (χ4v) is 5.82. The van der Waals surface area contributed by atoms with Gasteiger partial charge in [-0.15, -0.1) is 6.58 Å². The number of fused-ring (bicyclic) bond motifs is 2. The molecule has 0 aliphatic carbocycles. The number of nitrogens with zero attached hydrogens (tertiary/aromatic N) is 1. The summed E-state index contributed by atoms with van der Waals surface area (Å²) in [7, 11) is -3.31. The van der Waals surface area contributed by atoms with Gasteiger partial charge in [0.15, 0.2) is 9.84 Å². The van der Waals surface area contributed by atoms with Crippen LogP contribution in [0.1, 0.15) is 38.5 Å². The molecule has 0 saturated carbocycles. The molecule has 124 valence electrons. The van der Waals surface area contributed by atoms with E-state index in [4.69, 9.17) is 0 Å². The van der Waals surface area contributed by atoms with Gasteiger partial charge in [0.25, 0.3) is 0 Å². The molecule has 0 spiro atoms. The van der Waals surface area contributed by atoms with E-state index < -0.39 is 9.84 Å². The van der Waals surface area contributed by atoms with Gasteiger partial charge in [-0.25, -0.2) is 8.42 Å². The van der Waals surface area contributed by atoms with Crippen molar-refractivity contribution in [2.75, 3.05) is 0 Å². The average Bonchev–Trinajstić information content (AvgIpc) is 2.83. The monoisotopic (exact) mass is 333 g/mol. The van der Waals surface area contributed by atoms with Crippen LogP contribution in [0.3, 0.4) is 0 Å². The molecule has 1 amide bonds. The van der Waals surface area contributed by atoms with E-state index in [9.17, 15) is 13.2 Å². The molecule has 0 unspecified atom stereocenters. The lowest BCUT2D eigenvalue weighted by Gasteiger charge is -2.38. The second-order valence-corrected chi connectivity index (χ2v) is 8.69. The summed E-state index contributed by atoms with van der Waals surface area (Å²) in [5.74, 6) is 0.146.